The summed E-state index contributed by atoms with van der Waals surface area (Å²) in [6.07, 6.45) is 2.87. The molecule has 0 bridgehead atoms. The van der Waals surface area contributed by atoms with E-state index in [2.05, 4.69) is 27.3 Å². The van der Waals surface area contributed by atoms with E-state index in [0.717, 1.165) is 13.1 Å². The maximum atomic E-state index is 12.6. The highest BCUT2D eigenvalue weighted by Gasteiger charge is 2.26. The second kappa shape index (κ2) is 9.32. The maximum Gasteiger partial charge on any atom is 0.254 e. The van der Waals surface area contributed by atoms with Gasteiger partial charge in [0.05, 0.1) is 6.61 Å². The van der Waals surface area contributed by atoms with E-state index >= 15 is 0 Å². The van der Waals surface area contributed by atoms with Crippen LogP contribution in [-0.2, 0) is 16.1 Å². The van der Waals surface area contributed by atoms with E-state index in [0.29, 0.717) is 30.3 Å². The molecule has 0 aliphatic carbocycles. The second-order valence-electron chi connectivity index (χ2n) is 6.88. The highest BCUT2D eigenvalue weighted by Crippen LogP contribution is 2.22. The van der Waals surface area contributed by atoms with E-state index in [4.69, 9.17) is 9.47 Å². The quantitative estimate of drug-likeness (QED) is 0.696. The van der Waals surface area contributed by atoms with Crippen LogP contribution in [0.25, 0.3) is 0 Å². The van der Waals surface area contributed by atoms with Crippen molar-refractivity contribution in [1.29, 1.82) is 0 Å². The Morgan fingerprint density at radius 3 is 2.52 bits per heavy atom. The van der Waals surface area contributed by atoms with Crippen LogP contribution in [0.1, 0.15) is 5.56 Å². The third-order valence-electron chi connectivity index (χ3n) is 4.70. The highest BCUT2D eigenvalue weighted by atomic mass is 16.5. The van der Waals surface area contributed by atoms with Crippen LogP contribution in [-0.4, -0.2) is 41.6 Å². The summed E-state index contributed by atoms with van der Waals surface area (Å²) in [6, 6.07) is 21.1. The zero-order valence-corrected chi connectivity index (χ0v) is 16.0. The predicted molar refractivity (Wildman–Crippen MR) is 111 cm³/mol. The monoisotopic (exact) mass is 389 g/mol. The van der Waals surface area contributed by atoms with Crippen LogP contribution in [0.5, 0.6) is 11.5 Å². The minimum atomic E-state index is -0.486. The number of nitrogens with one attached hydrogen (secondary N) is 1. The van der Waals surface area contributed by atoms with Gasteiger partial charge >= 0.3 is 0 Å². The van der Waals surface area contributed by atoms with E-state index in [1.165, 1.54) is 5.56 Å². The van der Waals surface area contributed by atoms with Crippen molar-refractivity contribution in [3.63, 3.8) is 0 Å². The number of carbonyl (C=O) groups excluding carboxylic acids is 1. The Hall–Kier alpha value is -3.22. The van der Waals surface area contributed by atoms with Crippen LogP contribution < -0.4 is 10.1 Å². The number of nitrogens with zero attached hydrogens (tertiary/aromatic N) is 2. The number of aromatic nitrogens is 1. The van der Waals surface area contributed by atoms with Gasteiger partial charge in [0, 0.05) is 37.7 Å². The molecule has 1 unspecified atom stereocenters. The molecule has 1 amide bonds. The van der Waals surface area contributed by atoms with Crippen molar-refractivity contribution in [3.05, 3.63) is 84.7 Å². The lowest BCUT2D eigenvalue weighted by atomic mass is 10.2. The van der Waals surface area contributed by atoms with Gasteiger partial charge in [-0.15, -0.1) is 0 Å². The number of ether oxygens (including phenoxy) is 2. The highest BCUT2D eigenvalue weighted by molar-refractivity contribution is 5.94. The Morgan fingerprint density at radius 2 is 1.76 bits per heavy atom. The molecule has 1 aliphatic heterocycles. The van der Waals surface area contributed by atoms with Gasteiger partial charge in [0.15, 0.2) is 0 Å². The number of amides is 1. The SMILES string of the molecule is O=C(Nc1ccc(Oc2ccncc2)cc1)C1CN(Cc2ccccc2)CCO1. The fourth-order valence-electron chi connectivity index (χ4n) is 3.22. The molecule has 0 saturated carbocycles. The van der Waals surface area contributed by atoms with Crippen molar-refractivity contribution in [2.24, 2.45) is 0 Å². The van der Waals surface area contributed by atoms with Gasteiger partial charge in [-0.3, -0.25) is 14.7 Å². The van der Waals surface area contributed by atoms with E-state index in [1.807, 2.05) is 42.5 Å². The first-order valence-corrected chi connectivity index (χ1v) is 9.63. The molecular weight excluding hydrogens is 366 g/mol. The van der Waals surface area contributed by atoms with Crippen molar-refractivity contribution in [2.45, 2.75) is 12.6 Å². The van der Waals surface area contributed by atoms with Gasteiger partial charge in [-0.2, -0.15) is 0 Å². The molecule has 1 N–H and O–H groups in total. The van der Waals surface area contributed by atoms with Gasteiger partial charge in [0.25, 0.3) is 5.91 Å². The predicted octanol–water partition coefficient (Wildman–Crippen LogP) is 3.71. The molecule has 1 aliphatic rings. The maximum absolute atomic E-state index is 12.6. The Bertz CT molecular complexity index is 917. The van der Waals surface area contributed by atoms with Crippen LogP contribution in [0.3, 0.4) is 0 Å². The molecule has 6 nitrogen and oxygen atoms in total. The zero-order chi connectivity index (χ0) is 19.9. The Labute approximate surface area is 170 Å². The number of hydrogen-bond acceptors (Lipinski definition) is 5. The van der Waals surface area contributed by atoms with Crippen LogP contribution >= 0.6 is 0 Å². The number of benzene rings is 2. The first-order chi connectivity index (χ1) is 14.3. The molecule has 2 heterocycles. The fraction of sp³-hybridized carbons (Fsp3) is 0.217. The standard InChI is InChI=1S/C23H23N3O3/c27-23(22-17-26(14-15-28-22)16-18-4-2-1-3-5-18)25-19-6-8-20(9-7-19)29-21-10-12-24-13-11-21/h1-13,22H,14-17H2,(H,25,27). The topological polar surface area (TPSA) is 63.7 Å². The number of pyridine rings is 1. The fourth-order valence-corrected chi connectivity index (χ4v) is 3.22. The van der Waals surface area contributed by atoms with E-state index in [1.54, 1.807) is 24.5 Å². The summed E-state index contributed by atoms with van der Waals surface area (Å²) >= 11 is 0. The van der Waals surface area contributed by atoms with Gasteiger partial charge in [-0.05, 0) is 42.0 Å². The average Bonchev–Trinajstić information content (AvgIpc) is 2.77. The van der Waals surface area contributed by atoms with Crippen LogP contribution in [0.15, 0.2) is 79.1 Å². The minimum absolute atomic E-state index is 0.134. The minimum Gasteiger partial charge on any atom is -0.457 e. The lowest BCUT2D eigenvalue weighted by molar-refractivity contribution is -0.133. The Balaban J connectivity index is 1.31. The first-order valence-electron chi connectivity index (χ1n) is 9.63. The van der Waals surface area contributed by atoms with Crippen molar-refractivity contribution in [1.82, 2.24) is 9.88 Å². The molecule has 2 aromatic carbocycles. The Morgan fingerprint density at radius 1 is 1.03 bits per heavy atom. The molecule has 29 heavy (non-hydrogen) atoms. The molecule has 1 saturated heterocycles. The molecule has 0 spiro atoms. The van der Waals surface area contributed by atoms with Gasteiger partial charge in [-0.1, -0.05) is 30.3 Å². The van der Waals surface area contributed by atoms with Crippen LogP contribution in [0, 0.1) is 0 Å². The number of anilines is 1. The van der Waals surface area contributed by atoms with Crippen molar-refractivity contribution in [3.8, 4) is 11.5 Å². The van der Waals surface area contributed by atoms with Crippen LogP contribution in [0.4, 0.5) is 5.69 Å². The lowest BCUT2D eigenvalue weighted by Gasteiger charge is -2.32. The first kappa shape index (κ1) is 19.1. The summed E-state index contributed by atoms with van der Waals surface area (Å²) in [4.78, 5) is 18.8. The summed E-state index contributed by atoms with van der Waals surface area (Å²) in [6.45, 7) is 2.75. The molecular formula is C23H23N3O3. The molecule has 1 fully saturated rings. The summed E-state index contributed by atoms with van der Waals surface area (Å²) in [5.41, 5.74) is 1.94. The molecule has 1 aromatic heterocycles. The van der Waals surface area contributed by atoms with Gasteiger partial charge in [-0.25, -0.2) is 0 Å². The van der Waals surface area contributed by atoms with E-state index in [9.17, 15) is 4.79 Å². The van der Waals surface area contributed by atoms with Crippen molar-refractivity contribution >= 4 is 11.6 Å². The van der Waals surface area contributed by atoms with Gasteiger partial charge in [0.2, 0.25) is 0 Å². The smallest absolute Gasteiger partial charge is 0.254 e. The molecule has 6 heteroatoms. The third-order valence-corrected chi connectivity index (χ3v) is 4.70. The number of morpholine rings is 1. The summed E-state index contributed by atoms with van der Waals surface area (Å²) in [7, 11) is 0. The molecule has 148 valence electrons. The van der Waals surface area contributed by atoms with E-state index < -0.39 is 6.10 Å². The van der Waals surface area contributed by atoms with Crippen molar-refractivity contribution < 1.29 is 14.3 Å². The molecule has 0 radical (unpaired) electrons. The summed E-state index contributed by atoms with van der Waals surface area (Å²) in [5.74, 6) is 1.27. The summed E-state index contributed by atoms with van der Waals surface area (Å²) in [5, 5.41) is 2.93. The lowest BCUT2D eigenvalue weighted by Crippen LogP contribution is -2.47. The van der Waals surface area contributed by atoms with Crippen LogP contribution in [0.2, 0.25) is 0 Å². The molecule has 4 rings (SSSR count). The summed E-state index contributed by atoms with van der Waals surface area (Å²) < 4.78 is 11.4. The molecule has 1 atom stereocenters. The van der Waals surface area contributed by atoms with E-state index in [-0.39, 0.29) is 5.91 Å². The Kier molecular flexibility index (Phi) is 6.14. The normalized spacial score (nSPS) is 16.9. The number of rotatable bonds is 6. The zero-order valence-electron chi connectivity index (χ0n) is 16.0. The average molecular weight is 389 g/mol. The number of hydrogen-bond donors (Lipinski definition) is 1. The third kappa shape index (κ3) is 5.40. The van der Waals surface area contributed by atoms with Gasteiger partial charge < -0.3 is 14.8 Å². The van der Waals surface area contributed by atoms with Gasteiger partial charge in [0.1, 0.15) is 17.6 Å². The largest absolute Gasteiger partial charge is 0.457 e. The number of carbonyl (C=O) groups is 1. The molecule has 3 aromatic rings. The second-order valence-corrected chi connectivity index (χ2v) is 6.88. The van der Waals surface area contributed by atoms with Crippen molar-refractivity contribution in [2.75, 3.05) is 25.0 Å².